The van der Waals surface area contributed by atoms with Crippen molar-refractivity contribution in [2.45, 2.75) is 26.7 Å². The lowest BCUT2D eigenvalue weighted by molar-refractivity contribution is -0.128. The van der Waals surface area contributed by atoms with Gasteiger partial charge in [-0.2, -0.15) is 0 Å². The summed E-state index contributed by atoms with van der Waals surface area (Å²) in [5.41, 5.74) is 4.39. The van der Waals surface area contributed by atoms with Gasteiger partial charge in [-0.15, -0.1) is 0 Å². The van der Waals surface area contributed by atoms with Crippen molar-refractivity contribution in [3.63, 3.8) is 0 Å². The number of carbonyl (C=O) groups is 1. The maximum atomic E-state index is 11.8. The molecule has 2 rings (SSSR count). The molecule has 1 heterocycles. The van der Waals surface area contributed by atoms with E-state index in [0.29, 0.717) is 6.54 Å². The van der Waals surface area contributed by atoms with E-state index in [1.807, 2.05) is 19.9 Å². The molecule has 98 valence electrons. The van der Waals surface area contributed by atoms with E-state index in [0.717, 1.165) is 19.4 Å². The largest absolute Gasteiger partial charge is 0.370 e. The number of aryl methyl sites for hydroxylation is 1. The molecule has 1 aliphatic heterocycles. The number of para-hydroxylation sites is 1. The van der Waals surface area contributed by atoms with Gasteiger partial charge in [-0.1, -0.05) is 18.2 Å². The van der Waals surface area contributed by atoms with Crippen LogP contribution in [0.15, 0.2) is 24.3 Å². The first-order valence-electron chi connectivity index (χ1n) is 6.38. The van der Waals surface area contributed by atoms with Crippen LogP contribution in [0.25, 0.3) is 0 Å². The first-order chi connectivity index (χ1) is 8.54. The fourth-order valence-electron chi connectivity index (χ4n) is 2.52. The summed E-state index contributed by atoms with van der Waals surface area (Å²) in [6, 6.07) is 8.41. The van der Waals surface area contributed by atoms with Gasteiger partial charge >= 0.3 is 0 Å². The van der Waals surface area contributed by atoms with Gasteiger partial charge in [0.1, 0.15) is 0 Å². The quantitative estimate of drug-likeness (QED) is 0.483. The molecule has 0 spiro atoms. The summed E-state index contributed by atoms with van der Waals surface area (Å²) >= 11 is 0. The Balaban J connectivity index is 2.19. The molecule has 0 aromatic heterocycles. The van der Waals surface area contributed by atoms with Crippen LogP contribution in [0.4, 0.5) is 5.69 Å². The molecule has 0 saturated heterocycles. The minimum absolute atomic E-state index is 0.120. The van der Waals surface area contributed by atoms with Gasteiger partial charge in [0.25, 0.3) is 0 Å². The third-order valence-electron chi connectivity index (χ3n) is 3.54. The van der Waals surface area contributed by atoms with Gasteiger partial charge in [0.15, 0.2) is 0 Å². The summed E-state index contributed by atoms with van der Waals surface area (Å²) in [5.74, 6) is 5.12. The van der Waals surface area contributed by atoms with Crippen molar-refractivity contribution in [3.8, 4) is 0 Å². The molecule has 0 radical (unpaired) electrons. The molecule has 0 unspecified atom stereocenters. The molecule has 1 aliphatic rings. The fraction of sp³-hybridized carbons (Fsp3) is 0.500. The molecule has 3 N–H and O–H groups in total. The van der Waals surface area contributed by atoms with Crippen LogP contribution in [0.2, 0.25) is 0 Å². The van der Waals surface area contributed by atoms with Crippen LogP contribution in [0.1, 0.15) is 25.8 Å². The van der Waals surface area contributed by atoms with E-state index >= 15 is 0 Å². The monoisotopic (exact) mass is 247 g/mol. The van der Waals surface area contributed by atoms with Crippen molar-refractivity contribution < 1.29 is 4.79 Å². The van der Waals surface area contributed by atoms with Crippen molar-refractivity contribution in [1.29, 1.82) is 0 Å². The summed E-state index contributed by atoms with van der Waals surface area (Å²) < 4.78 is 0. The summed E-state index contributed by atoms with van der Waals surface area (Å²) in [5, 5.41) is 0. The number of hydrogen-bond acceptors (Lipinski definition) is 3. The molecular formula is C14H21N3O. The maximum Gasteiger partial charge on any atom is 0.241 e. The van der Waals surface area contributed by atoms with E-state index in [9.17, 15) is 4.79 Å². The van der Waals surface area contributed by atoms with E-state index in [1.54, 1.807) is 0 Å². The molecule has 1 aromatic carbocycles. The SMILES string of the molecule is CC(C)(CN1CCCc2ccccc21)C(=O)NN. The zero-order valence-electron chi connectivity index (χ0n) is 11.1. The number of amides is 1. The molecule has 1 amide bonds. The number of benzene rings is 1. The lowest BCUT2D eigenvalue weighted by atomic mass is 9.90. The van der Waals surface area contributed by atoms with Gasteiger partial charge in [0.2, 0.25) is 5.91 Å². The van der Waals surface area contributed by atoms with Crippen LogP contribution in [0, 0.1) is 5.41 Å². The van der Waals surface area contributed by atoms with E-state index in [-0.39, 0.29) is 5.91 Å². The molecule has 0 bridgehead atoms. The van der Waals surface area contributed by atoms with Crippen LogP contribution < -0.4 is 16.2 Å². The molecule has 1 aromatic rings. The average Bonchev–Trinajstić information content (AvgIpc) is 2.38. The first kappa shape index (κ1) is 12.9. The number of anilines is 1. The van der Waals surface area contributed by atoms with Gasteiger partial charge in [0, 0.05) is 18.8 Å². The Morgan fingerprint density at radius 1 is 1.44 bits per heavy atom. The van der Waals surface area contributed by atoms with Gasteiger partial charge in [-0.05, 0) is 38.3 Å². The van der Waals surface area contributed by atoms with Gasteiger partial charge in [0.05, 0.1) is 5.41 Å². The lowest BCUT2D eigenvalue weighted by Gasteiger charge is -2.36. The van der Waals surface area contributed by atoms with Crippen molar-refractivity contribution in [3.05, 3.63) is 29.8 Å². The van der Waals surface area contributed by atoms with Crippen LogP contribution in [0.5, 0.6) is 0 Å². The smallest absolute Gasteiger partial charge is 0.241 e. The molecule has 4 nitrogen and oxygen atoms in total. The highest BCUT2D eigenvalue weighted by Crippen LogP contribution is 2.29. The van der Waals surface area contributed by atoms with Crippen molar-refractivity contribution in [2.75, 3.05) is 18.0 Å². The van der Waals surface area contributed by atoms with Gasteiger partial charge in [-0.3, -0.25) is 10.2 Å². The van der Waals surface area contributed by atoms with E-state index in [1.165, 1.54) is 11.3 Å². The summed E-state index contributed by atoms with van der Waals surface area (Å²) in [7, 11) is 0. The Morgan fingerprint density at radius 3 is 2.89 bits per heavy atom. The number of fused-ring (bicyclic) bond motifs is 1. The molecule has 18 heavy (non-hydrogen) atoms. The van der Waals surface area contributed by atoms with Crippen LogP contribution >= 0.6 is 0 Å². The third kappa shape index (κ3) is 2.48. The number of hydrazine groups is 1. The Kier molecular flexibility index (Phi) is 3.57. The van der Waals surface area contributed by atoms with E-state index in [4.69, 9.17) is 5.84 Å². The zero-order chi connectivity index (χ0) is 13.2. The standard InChI is InChI=1S/C14H21N3O/c1-14(2,13(18)16-15)10-17-9-5-7-11-6-3-4-8-12(11)17/h3-4,6,8H,5,7,9-10,15H2,1-2H3,(H,16,18). The van der Waals surface area contributed by atoms with E-state index in [2.05, 4.69) is 28.5 Å². The maximum absolute atomic E-state index is 11.8. The minimum Gasteiger partial charge on any atom is -0.370 e. The number of hydrogen-bond donors (Lipinski definition) is 2. The number of nitrogens with one attached hydrogen (secondary N) is 1. The summed E-state index contributed by atoms with van der Waals surface area (Å²) in [6.45, 7) is 5.53. The fourth-order valence-corrected chi connectivity index (χ4v) is 2.52. The highest BCUT2D eigenvalue weighted by molar-refractivity contribution is 5.82. The van der Waals surface area contributed by atoms with Crippen molar-refractivity contribution in [1.82, 2.24) is 5.43 Å². The molecular weight excluding hydrogens is 226 g/mol. The lowest BCUT2D eigenvalue weighted by Crippen LogP contribution is -2.48. The average molecular weight is 247 g/mol. The molecule has 0 saturated carbocycles. The second-order valence-corrected chi connectivity index (χ2v) is 5.51. The summed E-state index contributed by atoms with van der Waals surface area (Å²) in [6.07, 6.45) is 2.26. The Bertz CT molecular complexity index is 442. The van der Waals surface area contributed by atoms with Crippen molar-refractivity contribution in [2.24, 2.45) is 11.3 Å². The third-order valence-corrected chi connectivity index (χ3v) is 3.54. The highest BCUT2D eigenvalue weighted by atomic mass is 16.2. The molecule has 4 heteroatoms. The normalized spacial score (nSPS) is 15.2. The molecule has 0 fully saturated rings. The Morgan fingerprint density at radius 2 is 2.17 bits per heavy atom. The number of carbonyl (C=O) groups excluding carboxylic acids is 1. The first-order valence-corrected chi connectivity index (χ1v) is 6.38. The second-order valence-electron chi connectivity index (χ2n) is 5.51. The zero-order valence-corrected chi connectivity index (χ0v) is 11.1. The highest BCUT2D eigenvalue weighted by Gasteiger charge is 2.31. The van der Waals surface area contributed by atoms with Crippen molar-refractivity contribution >= 4 is 11.6 Å². The Labute approximate surface area is 108 Å². The van der Waals surface area contributed by atoms with Crippen LogP contribution in [-0.2, 0) is 11.2 Å². The topological polar surface area (TPSA) is 58.4 Å². The van der Waals surface area contributed by atoms with Crippen LogP contribution in [0.3, 0.4) is 0 Å². The number of nitrogens with two attached hydrogens (primary N) is 1. The number of nitrogens with zero attached hydrogens (tertiary/aromatic N) is 1. The second kappa shape index (κ2) is 4.98. The summed E-state index contributed by atoms with van der Waals surface area (Å²) in [4.78, 5) is 14.0. The predicted molar refractivity (Wildman–Crippen MR) is 73.1 cm³/mol. The van der Waals surface area contributed by atoms with Crippen LogP contribution in [-0.4, -0.2) is 19.0 Å². The molecule has 0 aliphatic carbocycles. The van der Waals surface area contributed by atoms with Gasteiger partial charge < -0.3 is 4.90 Å². The number of rotatable bonds is 3. The Hall–Kier alpha value is -1.55. The predicted octanol–water partition coefficient (Wildman–Crippen LogP) is 1.46. The molecule has 0 atom stereocenters. The van der Waals surface area contributed by atoms with Gasteiger partial charge in [-0.25, -0.2) is 5.84 Å². The van der Waals surface area contributed by atoms with E-state index < -0.39 is 5.41 Å². The minimum atomic E-state index is -0.487.